The first-order chi connectivity index (χ1) is 16.1. The van der Waals surface area contributed by atoms with Crippen LogP contribution in [-0.4, -0.2) is 30.1 Å². The van der Waals surface area contributed by atoms with Gasteiger partial charge in [-0.25, -0.2) is 21.9 Å². The number of nitrogens with zero attached hydrogens (tertiary/aromatic N) is 1. The standard InChI is InChI=1S/C24H21F2N3O4S/c1-3-14-11-17-20(12-19(14)26)29(13-15-7-4-5-9-18(15)25)22(24(31)28-34(2,32)33)21(17)16-8-6-10-27-23(16)30/h4-12H,3,13H2,1-2H3,(H,27,30)(H,28,31). The number of rotatable bonds is 6. The van der Waals surface area contributed by atoms with Gasteiger partial charge in [-0.2, -0.15) is 0 Å². The molecule has 0 spiro atoms. The summed E-state index contributed by atoms with van der Waals surface area (Å²) in [5, 5.41) is 0.366. The van der Waals surface area contributed by atoms with Crippen LogP contribution in [0, 0.1) is 11.6 Å². The smallest absolute Gasteiger partial charge is 0.282 e. The number of H-pyrrole nitrogens is 1. The van der Waals surface area contributed by atoms with Crippen LogP contribution in [0.25, 0.3) is 22.0 Å². The number of hydrogen-bond donors (Lipinski definition) is 2. The minimum atomic E-state index is -3.98. The maximum atomic E-state index is 14.9. The second-order valence-electron chi connectivity index (χ2n) is 7.83. The van der Waals surface area contributed by atoms with Crippen LogP contribution in [0.4, 0.5) is 8.78 Å². The zero-order valence-electron chi connectivity index (χ0n) is 18.4. The van der Waals surface area contributed by atoms with Crippen molar-refractivity contribution in [2.24, 2.45) is 0 Å². The van der Waals surface area contributed by atoms with Gasteiger partial charge in [0.15, 0.2) is 0 Å². The zero-order chi connectivity index (χ0) is 24.6. The van der Waals surface area contributed by atoms with E-state index in [9.17, 15) is 26.8 Å². The van der Waals surface area contributed by atoms with Crippen molar-refractivity contribution in [2.45, 2.75) is 19.9 Å². The number of nitrogens with one attached hydrogen (secondary N) is 2. The maximum absolute atomic E-state index is 14.9. The quantitative estimate of drug-likeness (QED) is 0.436. The topological polar surface area (TPSA) is 101 Å². The molecule has 0 atom stereocenters. The summed E-state index contributed by atoms with van der Waals surface area (Å²) >= 11 is 0. The van der Waals surface area contributed by atoms with Crippen molar-refractivity contribution in [3.8, 4) is 11.1 Å². The highest BCUT2D eigenvalue weighted by molar-refractivity contribution is 7.89. The van der Waals surface area contributed by atoms with Gasteiger partial charge in [-0.1, -0.05) is 25.1 Å². The fraction of sp³-hybridized carbons (Fsp3) is 0.167. The van der Waals surface area contributed by atoms with Gasteiger partial charge in [0.25, 0.3) is 11.5 Å². The Kier molecular flexibility index (Phi) is 6.09. The van der Waals surface area contributed by atoms with Gasteiger partial charge in [0.2, 0.25) is 10.0 Å². The van der Waals surface area contributed by atoms with E-state index in [1.54, 1.807) is 19.1 Å². The summed E-state index contributed by atoms with van der Waals surface area (Å²) in [7, 11) is -3.98. The van der Waals surface area contributed by atoms with Crippen LogP contribution in [0.15, 0.2) is 59.5 Å². The second-order valence-corrected chi connectivity index (χ2v) is 9.58. The van der Waals surface area contributed by atoms with Gasteiger partial charge in [0.05, 0.1) is 18.3 Å². The number of amides is 1. The van der Waals surface area contributed by atoms with Crippen LogP contribution in [0.5, 0.6) is 0 Å². The van der Waals surface area contributed by atoms with E-state index < -0.39 is 33.1 Å². The van der Waals surface area contributed by atoms with E-state index >= 15 is 0 Å². The maximum Gasteiger partial charge on any atom is 0.282 e. The molecular formula is C24H21F2N3O4S. The molecular weight excluding hydrogens is 464 g/mol. The molecule has 0 saturated carbocycles. The number of fused-ring (bicyclic) bond motifs is 1. The van der Waals surface area contributed by atoms with Crippen LogP contribution < -0.4 is 10.3 Å². The molecule has 2 N–H and O–H groups in total. The summed E-state index contributed by atoms with van der Waals surface area (Å²) in [4.78, 5) is 28.5. The molecule has 0 fully saturated rings. The SMILES string of the molecule is CCc1cc2c(-c3ccc[nH]c3=O)c(C(=O)NS(C)(=O)=O)n(Cc3ccccc3F)c2cc1F. The van der Waals surface area contributed by atoms with Crippen LogP contribution in [0.1, 0.15) is 28.5 Å². The molecule has 7 nitrogen and oxygen atoms in total. The fourth-order valence-electron chi connectivity index (χ4n) is 3.99. The number of pyridine rings is 1. The highest BCUT2D eigenvalue weighted by Crippen LogP contribution is 2.36. The largest absolute Gasteiger partial charge is 0.331 e. The van der Waals surface area contributed by atoms with E-state index in [1.807, 2.05) is 4.72 Å². The molecule has 0 saturated heterocycles. The number of aromatic amines is 1. The first-order valence-electron chi connectivity index (χ1n) is 10.4. The lowest BCUT2D eigenvalue weighted by molar-refractivity contribution is 0.0974. The third-order valence-corrected chi connectivity index (χ3v) is 6.04. The first kappa shape index (κ1) is 23.4. The van der Waals surface area contributed by atoms with Gasteiger partial charge in [0.1, 0.15) is 17.3 Å². The van der Waals surface area contributed by atoms with E-state index in [0.717, 1.165) is 6.26 Å². The Morgan fingerprint density at radius 3 is 2.44 bits per heavy atom. The van der Waals surface area contributed by atoms with Crippen LogP contribution in [0.3, 0.4) is 0 Å². The average molecular weight is 486 g/mol. The van der Waals surface area contributed by atoms with E-state index in [-0.39, 0.29) is 34.4 Å². The summed E-state index contributed by atoms with van der Waals surface area (Å²) in [6.45, 7) is 1.55. The number of aryl methyl sites for hydroxylation is 1. The van der Waals surface area contributed by atoms with Crippen molar-refractivity contribution in [1.82, 2.24) is 14.3 Å². The Labute approximate surface area is 194 Å². The number of halogens is 2. The number of carbonyl (C=O) groups excluding carboxylic acids is 1. The molecule has 0 aliphatic heterocycles. The predicted octanol–water partition coefficient (Wildman–Crippen LogP) is 3.57. The van der Waals surface area contributed by atoms with Crippen molar-refractivity contribution < 1.29 is 22.0 Å². The lowest BCUT2D eigenvalue weighted by Crippen LogP contribution is -2.32. The van der Waals surface area contributed by atoms with Gasteiger partial charge < -0.3 is 9.55 Å². The van der Waals surface area contributed by atoms with Crippen molar-refractivity contribution in [1.29, 1.82) is 0 Å². The van der Waals surface area contributed by atoms with Gasteiger partial charge in [0, 0.05) is 28.3 Å². The van der Waals surface area contributed by atoms with Crippen LogP contribution in [-0.2, 0) is 23.0 Å². The molecule has 176 valence electrons. The van der Waals surface area contributed by atoms with Gasteiger partial charge in [-0.3, -0.25) is 9.59 Å². The summed E-state index contributed by atoms with van der Waals surface area (Å²) in [5.41, 5.74) is 0.253. The molecule has 2 aromatic heterocycles. The van der Waals surface area contributed by atoms with Crippen LogP contribution in [0.2, 0.25) is 0 Å². The van der Waals surface area contributed by atoms with Crippen LogP contribution >= 0.6 is 0 Å². The Morgan fingerprint density at radius 1 is 1.06 bits per heavy atom. The Balaban J connectivity index is 2.15. The molecule has 2 aromatic carbocycles. The molecule has 0 bridgehead atoms. The molecule has 4 aromatic rings. The average Bonchev–Trinajstić information content (AvgIpc) is 3.07. The fourth-order valence-corrected chi connectivity index (χ4v) is 4.42. The highest BCUT2D eigenvalue weighted by atomic mass is 32.2. The lowest BCUT2D eigenvalue weighted by Gasteiger charge is -2.13. The third kappa shape index (κ3) is 4.36. The van der Waals surface area contributed by atoms with Gasteiger partial charge in [-0.05, 0) is 42.3 Å². The summed E-state index contributed by atoms with van der Waals surface area (Å²) < 4.78 is 56.4. The number of sulfonamides is 1. The summed E-state index contributed by atoms with van der Waals surface area (Å²) in [6.07, 6.45) is 2.58. The number of benzene rings is 2. The third-order valence-electron chi connectivity index (χ3n) is 5.48. The molecule has 1 amide bonds. The van der Waals surface area contributed by atoms with Crippen molar-refractivity contribution in [3.63, 3.8) is 0 Å². The first-order valence-corrected chi connectivity index (χ1v) is 12.3. The molecule has 10 heteroatoms. The molecule has 2 heterocycles. The summed E-state index contributed by atoms with van der Waals surface area (Å²) in [6, 6.07) is 11.6. The Bertz CT molecular complexity index is 1590. The van der Waals surface area contributed by atoms with Gasteiger partial charge >= 0.3 is 0 Å². The predicted molar refractivity (Wildman–Crippen MR) is 125 cm³/mol. The molecule has 4 rings (SSSR count). The van der Waals surface area contributed by atoms with E-state index in [0.29, 0.717) is 17.4 Å². The van der Waals surface area contributed by atoms with Gasteiger partial charge in [-0.15, -0.1) is 0 Å². The number of carbonyl (C=O) groups is 1. The Hall–Kier alpha value is -3.79. The zero-order valence-corrected chi connectivity index (χ0v) is 19.2. The monoisotopic (exact) mass is 485 g/mol. The van der Waals surface area contributed by atoms with E-state index in [1.165, 1.54) is 47.2 Å². The highest BCUT2D eigenvalue weighted by Gasteiger charge is 2.28. The minimum Gasteiger partial charge on any atom is -0.331 e. The molecule has 0 radical (unpaired) electrons. The van der Waals surface area contributed by atoms with Crippen molar-refractivity contribution in [2.75, 3.05) is 6.26 Å². The molecule has 0 unspecified atom stereocenters. The van der Waals surface area contributed by atoms with E-state index in [4.69, 9.17) is 0 Å². The molecule has 34 heavy (non-hydrogen) atoms. The lowest BCUT2D eigenvalue weighted by atomic mass is 10.0. The summed E-state index contributed by atoms with van der Waals surface area (Å²) in [5.74, 6) is -2.11. The minimum absolute atomic E-state index is 0.0899. The van der Waals surface area contributed by atoms with E-state index in [2.05, 4.69) is 4.98 Å². The number of hydrogen-bond acceptors (Lipinski definition) is 4. The normalized spacial score (nSPS) is 11.6. The molecule has 0 aliphatic rings. The van der Waals surface area contributed by atoms with Crippen molar-refractivity contribution >= 4 is 26.8 Å². The second kappa shape index (κ2) is 8.86. The van der Waals surface area contributed by atoms with Crippen molar-refractivity contribution in [3.05, 3.63) is 93.5 Å². The molecule has 0 aliphatic carbocycles. The number of aromatic nitrogens is 2. The Morgan fingerprint density at radius 2 is 1.79 bits per heavy atom.